The molecule has 3 heterocycles. The van der Waals surface area contributed by atoms with Crippen molar-refractivity contribution in [1.82, 2.24) is 9.47 Å². The maximum atomic E-state index is 12.5. The van der Waals surface area contributed by atoms with Gasteiger partial charge in [-0.05, 0) is 75.6 Å². The Bertz CT molecular complexity index is 1130. The molecule has 5 nitrogen and oxygen atoms in total. The molecule has 1 aromatic carbocycles. The van der Waals surface area contributed by atoms with Crippen LogP contribution < -0.4 is 0 Å². The predicted molar refractivity (Wildman–Crippen MR) is 116 cm³/mol. The Morgan fingerprint density at radius 3 is 2.54 bits per heavy atom. The lowest BCUT2D eigenvalue weighted by Gasteiger charge is -2.22. The first-order chi connectivity index (χ1) is 13.3. The van der Waals surface area contributed by atoms with E-state index in [1.54, 1.807) is 11.0 Å². The van der Waals surface area contributed by atoms with Gasteiger partial charge in [-0.25, -0.2) is 0 Å². The number of amidine groups is 2. The summed E-state index contributed by atoms with van der Waals surface area (Å²) in [4.78, 5) is 19.4. The number of carbonyl (C=O) groups is 1. The van der Waals surface area contributed by atoms with Gasteiger partial charge in [0.25, 0.3) is 5.91 Å². The fraction of sp³-hybridized carbons (Fsp3) is 0.227. The van der Waals surface area contributed by atoms with Crippen LogP contribution in [-0.2, 0) is 4.79 Å². The molecule has 0 unspecified atom stereocenters. The van der Waals surface area contributed by atoms with Crippen LogP contribution in [0.5, 0.6) is 0 Å². The number of amides is 1. The van der Waals surface area contributed by atoms with E-state index >= 15 is 0 Å². The molecule has 142 valence electrons. The Morgan fingerprint density at radius 1 is 1.07 bits per heavy atom. The zero-order chi connectivity index (χ0) is 20.2. The molecule has 0 saturated heterocycles. The number of aromatic nitrogens is 1. The first-order valence-electron chi connectivity index (χ1n) is 9.12. The Labute approximate surface area is 169 Å². The lowest BCUT2D eigenvalue weighted by atomic mass is 10.1. The third-order valence-electron chi connectivity index (χ3n) is 5.21. The SMILES string of the molecule is CC1=CN2C(=N)/C(=C/c3cc(C)n(-c4ccc(C)c(C)c4)c3C)C(=O)N=C2S1. The van der Waals surface area contributed by atoms with Crippen LogP contribution in [0.15, 0.2) is 45.9 Å². The van der Waals surface area contributed by atoms with Gasteiger partial charge in [-0.1, -0.05) is 17.8 Å². The Balaban J connectivity index is 1.78. The number of thioether (sulfide) groups is 1. The minimum atomic E-state index is -0.358. The van der Waals surface area contributed by atoms with Crippen LogP contribution in [0.1, 0.15) is 35.0 Å². The average molecular weight is 391 g/mol. The third kappa shape index (κ3) is 2.94. The van der Waals surface area contributed by atoms with Crippen LogP contribution >= 0.6 is 11.8 Å². The van der Waals surface area contributed by atoms with E-state index in [9.17, 15) is 4.79 Å². The van der Waals surface area contributed by atoms with Crippen LogP contribution in [0.2, 0.25) is 0 Å². The summed E-state index contributed by atoms with van der Waals surface area (Å²) in [5, 5.41) is 9.04. The summed E-state index contributed by atoms with van der Waals surface area (Å²) in [5.41, 5.74) is 6.96. The van der Waals surface area contributed by atoms with E-state index in [1.165, 1.54) is 22.9 Å². The second-order valence-corrected chi connectivity index (χ2v) is 8.46. The molecule has 0 radical (unpaired) electrons. The molecule has 0 atom stereocenters. The smallest absolute Gasteiger partial charge is 0.283 e. The van der Waals surface area contributed by atoms with Crippen molar-refractivity contribution in [3.63, 3.8) is 0 Å². The number of benzene rings is 1. The number of nitrogens with one attached hydrogen (secondary N) is 1. The summed E-state index contributed by atoms with van der Waals surface area (Å²) in [6.07, 6.45) is 3.64. The molecule has 2 aliphatic heterocycles. The highest BCUT2D eigenvalue weighted by Crippen LogP contribution is 2.33. The van der Waals surface area contributed by atoms with Gasteiger partial charge in [-0.3, -0.25) is 15.1 Å². The molecule has 2 aromatic rings. The largest absolute Gasteiger partial charge is 0.318 e. The molecule has 1 amide bonds. The van der Waals surface area contributed by atoms with Gasteiger partial charge in [0.15, 0.2) is 5.17 Å². The minimum Gasteiger partial charge on any atom is -0.318 e. The third-order valence-corrected chi connectivity index (χ3v) is 6.11. The number of rotatable bonds is 2. The number of aryl methyl sites for hydroxylation is 3. The maximum Gasteiger partial charge on any atom is 0.283 e. The monoisotopic (exact) mass is 390 g/mol. The van der Waals surface area contributed by atoms with Crippen LogP contribution in [0.3, 0.4) is 0 Å². The van der Waals surface area contributed by atoms with E-state index in [4.69, 9.17) is 5.41 Å². The van der Waals surface area contributed by atoms with Crippen LogP contribution in [0.4, 0.5) is 0 Å². The van der Waals surface area contributed by atoms with Gasteiger partial charge < -0.3 is 4.57 Å². The fourth-order valence-corrected chi connectivity index (χ4v) is 4.37. The zero-order valence-electron chi connectivity index (χ0n) is 16.6. The average Bonchev–Trinajstić information content (AvgIpc) is 3.13. The van der Waals surface area contributed by atoms with Gasteiger partial charge >= 0.3 is 0 Å². The molecular formula is C22H22N4OS. The van der Waals surface area contributed by atoms with Crippen LogP contribution in [0.25, 0.3) is 11.8 Å². The summed E-state index contributed by atoms with van der Waals surface area (Å²) in [6, 6.07) is 8.46. The van der Waals surface area contributed by atoms with Gasteiger partial charge in [0.1, 0.15) is 5.84 Å². The van der Waals surface area contributed by atoms with E-state index in [2.05, 4.69) is 54.6 Å². The van der Waals surface area contributed by atoms with Gasteiger partial charge in [0, 0.05) is 28.2 Å². The number of allylic oxidation sites excluding steroid dienone is 1. The molecule has 6 heteroatoms. The van der Waals surface area contributed by atoms with Crippen molar-refractivity contribution in [1.29, 1.82) is 5.41 Å². The van der Waals surface area contributed by atoms with Crippen LogP contribution in [-0.4, -0.2) is 26.4 Å². The molecule has 0 bridgehead atoms. The number of nitrogens with zero attached hydrogens (tertiary/aromatic N) is 3. The summed E-state index contributed by atoms with van der Waals surface area (Å²) in [7, 11) is 0. The van der Waals surface area contributed by atoms with Gasteiger partial charge in [-0.2, -0.15) is 4.99 Å². The highest BCUT2D eigenvalue weighted by atomic mass is 32.2. The van der Waals surface area contributed by atoms with Gasteiger partial charge in [0.2, 0.25) is 0 Å². The lowest BCUT2D eigenvalue weighted by molar-refractivity contribution is -0.114. The van der Waals surface area contributed by atoms with Crippen molar-refractivity contribution in [2.45, 2.75) is 34.6 Å². The highest BCUT2D eigenvalue weighted by molar-refractivity contribution is 8.17. The molecule has 0 aliphatic carbocycles. The van der Waals surface area contributed by atoms with E-state index in [-0.39, 0.29) is 11.7 Å². The summed E-state index contributed by atoms with van der Waals surface area (Å²) in [6.45, 7) is 10.3. The molecule has 1 aromatic heterocycles. The van der Waals surface area contributed by atoms with Crippen molar-refractivity contribution >= 4 is 34.7 Å². The molecule has 2 aliphatic rings. The minimum absolute atomic E-state index is 0.176. The topological polar surface area (TPSA) is 61.5 Å². The number of fused-ring (bicyclic) bond motifs is 1. The van der Waals surface area contributed by atoms with E-state index in [0.717, 1.165) is 27.5 Å². The fourth-order valence-electron chi connectivity index (χ4n) is 3.55. The Kier molecular flexibility index (Phi) is 4.38. The normalized spacial score (nSPS) is 17.9. The Morgan fingerprint density at radius 2 is 1.82 bits per heavy atom. The van der Waals surface area contributed by atoms with Gasteiger partial charge in [-0.15, -0.1) is 0 Å². The number of hydrogen-bond donors (Lipinski definition) is 1. The molecule has 28 heavy (non-hydrogen) atoms. The lowest BCUT2D eigenvalue weighted by Crippen LogP contribution is -2.35. The molecule has 1 N–H and O–H groups in total. The van der Waals surface area contributed by atoms with Gasteiger partial charge in [0.05, 0.1) is 5.57 Å². The maximum absolute atomic E-state index is 12.5. The van der Waals surface area contributed by atoms with E-state index in [0.29, 0.717) is 10.7 Å². The molecule has 0 spiro atoms. The second-order valence-electron chi connectivity index (χ2n) is 7.25. The number of carbonyl (C=O) groups excluding carboxylic acids is 1. The standard InChI is InChI=1S/C22H22N4OS/c1-12-6-7-18(8-13(12)2)26-14(3)9-17(16(26)5)10-19-20(23)25-11-15(4)28-22(25)24-21(19)27/h6-11,23H,1-5H3/b19-10-,23-20?. The molecule has 4 rings (SSSR count). The highest BCUT2D eigenvalue weighted by Gasteiger charge is 2.33. The molecule has 0 fully saturated rings. The van der Waals surface area contributed by atoms with E-state index in [1.807, 2.05) is 20.0 Å². The number of aliphatic imine (C=N–C) groups is 1. The molecule has 0 saturated carbocycles. The summed E-state index contributed by atoms with van der Waals surface area (Å²) in [5.74, 6) is -0.182. The van der Waals surface area contributed by atoms with Crippen LogP contribution in [0, 0.1) is 33.1 Å². The van der Waals surface area contributed by atoms with E-state index < -0.39 is 0 Å². The first kappa shape index (κ1) is 18.5. The van der Waals surface area contributed by atoms with Crippen molar-refractivity contribution < 1.29 is 4.79 Å². The zero-order valence-corrected chi connectivity index (χ0v) is 17.4. The summed E-state index contributed by atoms with van der Waals surface area (Å²) >= 11 is 1.42. The first-order valence-corrected chi connectivity index (χ1v) is 9.93. The Hall–Kier alpha value is -2.86. The molecular weight excluding hydrogens is 368 g/mol. The van der Waals surface area contributed by atoms with Crippen molar-refractivity contribution in [3.05, 3.63) is 69.0 Å². The summed E-state index contributed by atoms with van der Waals surface area (Å²) < 4.78 is 2.18. The van der Waals surface area contributed by atoms with Crippen molar-refractivity contribution in [2.24, 2.45) is 4.99 Å². The predicted octanol–water partition coefficient (Wildman–Crippen LogP) is 4.88. The quantitative estimate of drug-likeness (QED) is 0.744. The van der Waals surface area contributed by atoms with Crippen molar-refractivity contribution in [2.75, 3.05) is 0 Å². The van der Waals surface area contributed by atoms with Crippen molar-refractivity contribution in [3.8, 4) is 5.69 Å². The number of hydrogen-bond acceptors (Lipinski definition) is 3. The second kappa shape index (κ2) is 6.63.